The molecule has 2 N–H and O–H groups in total. The summed E-state index contributed by atoms with van der Waals surface area (Å²) < 4.78 is 13.0. The lowest BCUT2D eigenvalue weighted by Gasteiger charge is -2.23. The highest BCUT2D eigenvalue weighted by molar-refractivity contribution is 7.98. The minimum atomic E-state index is -0.0498. The van der Waals surface area contributed by atoms with Gasteiger partial charge in [0.2, 0.25) is 0 Å². The predicted molar refractivity (Wildman–Crippen MR) is 104 cm³/mol. The zero-order valence-electron chi connectivity index (χ0n) is 15.2. The number of thioether (sulfide) groups is 1. The third kappa shape index (κ3) is 3.52. The minimum absolute atomic E-state index is 0.0498. The van der Waals surface area contributed by atoms with Crippen LogP contribution in [0.1, 0.15) is 25.5 Å². The fraction of sp³-hybridized carbons (Fsp3) is 0.389. The van der Waals surface area contributed by atoms with Crippen LogP contribution in [-0.4, -0.2) is 44.6 Å². The van der Waals surface area contributed by atoms with E-state index in [0.29, 0.717) is 27.9 Å². The second kappa shape index (κ2) is 7.61. The number of nitrogens with one attached hydrogen (secondary N) is 1. The van der Waals surface area contributed by atoms with E-state index in [1.165, 1.54) is 18.9 Å². The van der Waals surface area contributed by atoms with Gasteiger partial charge in [-0.15, -0.1) is 0 Å². The molecule has 2 aromatic heterocycles. The van der Waals surface area contributed by atoms with Crippen LogP contribution in [0, 0.1) is 0 Å². The van der Waals surface area contributed by atoms with Crippen molar-refractivity contribution in [2.45, 2.75) is 30.6 Å². The number of nitrogens with zero attached hydrogens (tertiary/aromatic N) is 4. The number of benzene rings is 1. The van der Waals surface area contributed by atoms with Crippen molar-refractivity contribution in [3.63, 3.8) is 0 Å². The summed E-state index contributed by atoms with van der Waals surface area (Å²) in [5, 5.41) is 13.9. The number of rotatable bonds is 5. The van der Waals surface area contributed by atoms with Crippen LogP contribution in [0.4, 0.5) is 11.5 Å². The quantitative estimate of drug-likeness (QED) is 0.505. The fourth-order valence-corrected chi connectivity index (χ4v) is 3.49. The fourth-order valence-electron chi connectivity index (χ4n) is 3.13. The molecule has 1 atom stereocenters. The molecular weight excluding hydrogens is 366 g/mol. The van der Waals surface area contributed by atoms with E-state index in [9.17, 15) is 5.11 Å². The average molecular weight is 387 g/mol. The van der Waals surface area contributed by atoms with Crippen molar-refractivity contribution in [2.24, 2.45) is 0 Å². The molecule has 1 fully saturated rings. The number of phenols is 1. The standard InChI is InChI=1S/C18H21N5O3S/c1-25-13-7-6-11(9-12(13)24)20-16-15-17(22-18(21-16)27-2)23(10-19-15)14-5-3-4-8-26-14/h6-7,9-10,14,24H,3-5,8H2,1-2H3,(H,20,21,22). The van der Waals surface area contributed by atoms with Crippen molar-refractivity contribution in [1.82, 2.24) is 19.5 Å². The highest BCUT2D eigenvalue weighted by Crippen LogP contribution is 2.33. The molecule has 4 rings (SSSR count). The first kappa shape index (κ1) is 17.9. The lowest BCUT2D eigenvalue weighted by Crippen LogP contribution is -2.17. The van der Waals surface area contributed by atoms with E-state index in [1.54, 1.807) is 18.5 Å². The van der Waals surface area contributed by atoms with Gasteiger partial charge in [0, 0.05) is 18.4 Å². The maximum atomic E-state index is 10.0. The first-order chi connectivity index (χ1) is 13.2. The number of hydrogen-bond acceptors (Lipinski definition) is 8. The number of imidazole rings is 1. The van der Waals surface area contributed by atoms with Gasteiger partial charge in [0.05, 0.1) is 13.4 Å². The second-order valence-corrected chi connectivity index (χ2v) is 6.99. The molecule has 3 aromatic rings. The van der Waals surface area contributed by atoms with Gasteiger partial charge >= 0.3 is 0 Å². The molecule has 9 heteroatoms. The molecule has 1 aliphatic rings. The lowest BCUT2D eigenvalue weighted by atomic mass is 10.2. The van der Waals surface area contributed by atoms with Crippen LogP contribution in [0.5, 0.6) is 11.5 Å². The van der Waals surface area contributed by atoms with Crippen LogP contribution < -0.4 is 10.1 Å². The Labute approximate surface area is 160 Å². The van der Waals surface area contributed by atoms with E-state index in [0.717, 1.165) is 31.5 Å². The third-order valence-corrected chi connectivity index (χ3v) is 5.04. The first-order valence-electron chi connectivity index (χ1n) is 8.74. The first-order valence-corrected chi connectivity index (χ1v) is 9.96. The van der Waals surface area contributed by atoms with Gasteiger partial charge in [0.1, 0.15) is 6.23 Å². The lowest BCUT2D eigenvalue weighted by molar-refractivity contribution is -0.0298. The van der Waals surface area contributed by atoms with Gasteiger partial charge in [0.15, 0.2) is 33.6 Å². The molecular formula is C18H21N5O3S. The number of aromatic nitrogens is 4. The van der Waals surface area contributed by atoms with Gasteiger partial charge < -0.3 is 19.9 Å². The predicted octanol–water partition coefficient (Wildman–Crippen LogP) is 3.71. The van der Waals surface area contributed by atoms with Crippen molar-refractivity contribution in [1.29, 1.82) is 0 Å². The normalized spacial score (nSPS) is 17.2. The van der Waals surface area contributed by atoms with E-state index in [4.69, 9.17) is 9.47 Å². The van der Waals surface area contributed by atoms with Crippen molar-refractivity contribution in [3.8, 4) is 11.5 Å². The van der Waals surface area contributed by atoms with Crippen molar-refractivity contribution in [3.05, 3.63) is 24.5 Å². The maximum absolute atomic E-state index is 10.0. The van der Waals surface area contributed by atoms with E-state index in [1.807, 2.05) is 16.9 Å². The van der Waals surface area contributed by atoms with Gasteiger partial charge in [-0.3, -0.25) is 4.57 Å². The summed E-state index contributed by atoms with van der Waals surface area (Å²) >= 11 is 1.46. The molecule has 8 nitrogen and oxygen atoms in total. The van der Waals surface area contributed by atoms with Crippen LogP contribution in [0.25, 0.3) is 11.2 Å². The summed E-state index contributed by atoms with van der Waals surface area (Å²) in [6.45, 7) is 0.751. The number of hydrogen-bond donors (Lipinski definition) is 2. The smallest absolute Gasteiger partial charge is 0.191 e. The summed E-state index contributed by atoms with van der Waals surface area (Å²) in [6.07, 6.45) is 6.80. The largest absolute Gasteiger partial charge is 0.504 e. The summed E-state index contributed by atoms with van der Waals surface area (Å²) in [5.74, 6) is 1.06. The van der Waals surface area contributed by atoms with Crippen molar-refractivity contribution >= 4 is 34.4 Å². The average Bonchev–Trinajstić information content (AvgIpc) is 3.13. The van der Waals surface area contributed by atoms with E-state index in [2.05, 4.69) is 20.3 Å². The van der Waals surface area contributed by atoms with Gasteiger partial charge in [-0.05, 0) is 37.7 Å². The molecule has 0 saturated carbocycles. The van der Waals surface area contributed by atoms with E-state index < -0.39 is 0 Å². The zero-order chi connectivity index (χ0) is 18.8. The molecule has 3 heterocycles. The topological polar surface area (TPSA) is 94.3 Å². The summed E-state index contributed by atoms with van der Waals surface area (Å²) in [7, 11) is 1.51. The van der Waals surface area contributed by atoms with Crippen LogP contribution in [0.3, 0.4) is 0 Å². The highest BCUT2D eigenvalue weighted by Gasteiger charge is 2.21. The Balaban J connectivity index is 1.73. The number of ether oxygens (including phenoxy) is 2. The van der Waals surface area contributed by atoms with Crippen LogP contribution in [-0.2, 0) is 4.74 Å². The SMILES string of the molecule is COc1ccc(Nc2nc(SC)nc3c2ncn3C2CCCCO2)cc1O. The number of aromatic hydroxyl groups is 1. The Kier molecular flexibility index (Phi) is 5.04. The van der Waals surface area contributed by atoms with Crippen molar-refractivity contribution in [2.75, 3.05) is 25.3 Å². The number of anilines is 2. The molecule has 0 spiro atoms. The number of fused-ring (bicyclic) bond motifs is 1. The highest BCUT2D eigenvalue weighted by atomic mass is 32.2. The van der Waals surface area contributed by atoms with Crippen LogP contribution in [0.15, 0.2) is 29.7 Å². The van der Waals surface area contributed by atoms with Crippen molar-refractivity contribution < 1.29 is 14.6 Å². The van der Waals surface area contributed by atoms with E-state index >= 15 is 0 Å². The molecule has 1 aromatic carbocycles. The Morgan fingerprint density at radius 1 is 1.33 bits per heavy atom. The number of methoxy groups -OCH3 is 1. The maximum Gasteiger partial charge on any atom is 0.191 e. The molecule has 1 unspecified atom stereocenters. The van der Waals surface area contributed by atoms with Gasteiger partial charge in [-0.1, -0.05) is 11.8 Å². The molecule has 1 saturated heterocycles. The third-order valence-electron chi connectivity index (χ3n) is 4.49. The summed E-state index contributed by atoms with van der Waals surface area (Å²) in [5.41, 5.74) is 2.09. The van der Waals surface area contributed by atoms with Crippen LogP contribution in [0.2, 0.25) is 0 Å². The Morgan fingerprint density at radius 2 is 2.22 bits per heavy atom. The number of phenolic OH excluding ortho intramolecular Hbond substituents is 1. The minimum Gasteiger partial charge on any atom is -0.504 e. The van der Waals surface area contributed by atoms with Gasteiger partial charge in [0.25, 0.3) is 0 Å². The van der Waals surface area contributed by atoms with Gasteiger partial charge in [-0.2, -0.15) is 0 Å². The monoisotopic (exact) mass is 387 g/mol. The molecule has 0 bridgehead atoms. The molecule has 142 valence electrons. The van der Waals surface area contributed by atoms with E-state index in [-0.39, 0.29) is 12.0 Å². The summed E-state index contributed by atoms with van der Waals surface area (Å²) in [4.78, 5) is 13.7. The summed E-state index contributed by atoms with van der Waals surface area (Å²) in [6, 6.07) is 5.10. The Bertz CT molecular complexity index is 956. The molecule has 0 amide bonds. The zero-order valence-corrected chi connectivity index (χ0v) is 16.0. The Morgan fingerprint density at radius 3 is 2.93 bits per heavy atom. The molecule has 27 heavy (non-hydrogen) atoms. The molecule has 1 aliphatic heterocycles. The van der Waals surface area contributed by atoms with Crippen LogP contribution >= 0.6 is 11.8 Å². The molecule has 0 radical (unpaired) electrons. The second-order valence-electron chi connectivity index (χ2n) is 6.22. The molecule has 0 aliphatic carbocycles. The van der Waals surface area contributed by atoms with Gasteiger partial charge in [-0.25, -0.2) is 15.0 Å². The Hall–Kier alpha value is -2.52.